The Balaban J connectivity index is 0.00000400. The van der Waals surface area contributed by atoms with Crippen LogP contribution in [0.3, 0.4) is 0 Å². The first kappa shape index (κ1) is 20.0. The second-order valence-corrected chi connectivity index (χ2v) is 6.06. The van der Waals surface area contributed by atoms with Crippen molar-refractivity contribution >= 4 is 29.9 Å². The molecule has 0 aliphatic heterocycles. The Labute approximate surface area is 138 Å². The normalized spacial score (nSPS) is 10.7. The van der Waals surface area contributed by atoms with E-state index in [-0.39, 0.29) is 30.5 Å². The third-order valence-corrected chi connectivity index (χ3v) is 2.70. The predicted molar refractivity (Wildman–Crippen MR) is 89.5 cm³/mol. The fourth-order valence-electron chi connectivity index (χ4n) is 1.68. The van der Waals surface area contributed by atoms with E-state index in [1.165, 1.54) is 0 Å². The van der Waals surface area contributed by atoms with E-state index in [0.717, 1.165) is 12.1 Å². The average Bonchev–Trinajstić information content (AvgIpc) is 2.33. The molecule has 0 fully saturated rings. The SMILES string of the molecule is CCNCc1cc(Cl)ccc1OCC(=O)NC(C)(C)C.Cl. The van der Waals surface area contributed by atoms with Crippen LogP contribution in [0.25, 0.3) is 0 Å². The maximum Gasteiger partial charge on any atom is 0.258 e. The van der Waals surface area contributed by atoms with Crippen molar-refractivity contribution in [2.75, 3.05) is 13.2 Å². The largest absolute Gasteiger partial charge is 0.483 e. The topological polar surface area (TPSA) is 50.4 Å². The molecule has 0 aromatic heterocycles. The Bertz CT molecular complexity index is 459. The van der Waals surface area contributed by atoms with Crippen molar-refractivity contribution in [2.45, 2.75) is 39.8 Å². The van der Waals surface area contributed by atoms with Gasteiger partial charge in [-0.15, -0.1) is 12.4 Å². The molecule has 0 bridgehead atoms. The summed E-state index contributed by atoms with van der Waals surface area (Å²) in [7, 11) is 0. The summed E-state index contributed by atoms with van der Waals surface area (Å²) in [4.78, 5) is 11.7. The van der Waals surface area contributed by atoms with Crippen LogP contribution < -0.4 is 15.4 Å². The fourth-order valence-corrected chi connectivity index (χ4v) is 1.88. The molecule has 0 saturated heterocycles. The molecule has 0 aliphatic rings. The molecule has 1 aromatic rings. The third kappa shape index (κ3) is 8.15. The highest BCUT2D eigenvalue weighted by atomic mass is 35.5. The highest BCUT2D eigenvalue weighted by Gasteiger charge is 2.14. The van der Waals surface area contributed by atoms with Gasteiger partial charge in [0, 0.05) is 22.7 Å². The van der Waals surface area contributed by atoms with Crippen molar-refractivity contribution in [1.82, 2.24) is 10.6 Å². The lowest BCUT2D eigenvalue weighted by Gasteiger charge is -2.21. The van der Waals surface area contributed by atoms with Crippen molar-refractivity contribution in [3.63, 3.8) is 0 Å². The lowest BCUT2D eigenvalue weighted by Crippen LogP contribution is -2.43. The van der Waals surface area contributed by atoms with Crippen LogP contribution in [0.1, 0.15) is 33.3 Å². The second kappa shape index (κ2) is 9.13. The van der Waals surface area contributed by atoms with Gasteiger partial charge in [-0.1, -0.05) is 18.5 Å². The molecule has 0 heterocycles. The van der Waals surface area contributed by atoms with E-state index >= 15 is 0 Å². The lowest BCUT2D eigenvalue weighted by molar-refractivity contribution is -0.124. The standard InChI is InChI=1S/C15H23ClN2O2.ClH/c1-5-17-9-11-8-12(16)6-7-13(11)20-10-14(19)18-15(2,3)4;/h6-8,17H,5,9-10H2,1-4H3,(H,18,19);1H. The van der Waals surface area contributed by atoms with E-state index in [2.05, 4.69) is 10.6 Å². The highest BCUT2D eigenvalue weighted by molar-refractivity contribution is 6.30. The highest BCUT2D eigenvalue weighted by Crippen LogP contribution is 2.22. The molecule has 0 unspecified atom stereocenters. The first-order valence-corrected chi connectivity index (χ1v) is 7.12. The molecule has 0 aliphatic carbocycles. The minimum absolute atomic E-state index is 0. The smallest absolute Gasteiger partial charge is 0.258 e. The molecule has 6 heteroatoms. The summed E-state index contributed by atoms with van der Waals surface area (Å²) in [6.45, 7) is 9.35. The van der Waals surface area contributed by atoms with Gasteiger partial charge < -0.3 is 15.4 Å². The molecule has 1 aromatic carbocycles. The Morgan fingerprint density at radius 3 is 2.57 bits per heavy atom. The summed E-state index contributed by atoms with van der Waals surface area (Å²) < 4.78 is 5.59. The van der Waals surface area contributed by atoms with E-state index in [1.54, 1.807) is 12.1 Å². The van der Waals surface area contributed by atoms with Crippen LogP contribution in [0.5, 0.6) is 5.75 Å². The first-order valence-electron chi connectivity index (χ1n) is 6.75. The van der Waals surface area contributed by atoms with Crippen molar-refractivity contribution in [3.8, 4) is 5.75 Å². The number of carbonyl (C=O) groups excluding carboxylic acids is 1. The van der Waals surface area contributed by atoms with E-state index in [9.17, 15) is 4.79 Å². The monoisotopic (exact) mass is 334 g/mol. The summed E-state index contributed by atoms with van der Waals surface area (Å²) in [5.41, 5.74) is 0.690. The van der Waals surface area contributed by atoms with Crippen LogP contribution in [0.4, 0.5) is 0 Å². The lowest BCUT2D eigenvalue weighted by atomic mass is 10.1. The number of ether oxygens (including phenoxy) is 1. The average molecular weight is 335 g/mol. The van der Waals surface area contributed by atoms with Gasteiger partial charge in [0.2, 0.25) is 0 Å². The molecule has 1 rings (SSSR count). The van der Waals surface area contributed by atoms with Crippen LogP contribution in [0.15, 0.2) is 18.2 Å². The van der Waals surface area contributed by atoms with E-state index in [1.807, 2.05) is 33.8 Å². The zero-order valence-corrected chi connectivity index (χ0v) is 14.5. The molecule has 0 atom stereocenters. The van der Waals surface area contributed by atoms with Gasteiger partial charge in [-0.3, -0.25) is 4.79 Å². The molecule has 0 radical (unpaired) electrons. The van der Waals surface area contributed by atoms with Gasteiger partial charge in [0.25, 0.3) is 5.91 Å². The quantitative estimate of drug-likeness (QED) is 0.840. The molecule has 1 amide bonds. The summed E-state index contributed by atoms with van der Waals surface area (Å²) in [6.07, 6.45) is 0. The zero-order valence-electron chi connectivity index (χ0n) is 13.0. The summed E-state index contributed by atoms with van der Waals surface area (Å²) in [5.74, 6) is 0.543. The third-order valence-electron chi connectivity index (χ3n) is 2.46. The molecule has 2 N–H and O–H groups in total. The Morgan fingerprint density at radius 2 is 2.00 bits per heavy atom. The van der Waals surface area contributed by atoms with Gasteiger partial charge in [0.1, 0.15) is 5.75 Å². The van der Waals surface area contributed by atoms with Crippen LogP contribution in [-0.4, -0.2) is 24.6 Å². The van der Waals surface area contributed by atoms with Crippen molar-refractivity contribution in [1.29, 1.82) is 0 Å². The number of benzene rings is 1. The molecule has 4 nitrogen and oxygen atoms in total. The van der Waals surface area contributed by atoms with E-state index in [0.29, 0.717) is 17.3 Å². The summed E-state index contributed by atoms with van der Waals surface area (Å²) >= 11 is 5.98. The van der Waals surface area contributed by atoms with Crippen molar-refractivity contribution in [2.24, 2.45) is 0 Å². The number of halogens is 2. The van der Waals surface area contributed by atoms with Gasteiger partial charge in [-0.05, 0) is 45.5 Å². The number of carbonyl (C=O) groups is 1. The minimum atomic E-state index is -0.257. The number of amides is 1. The van der Waals surface area contributed by atoms with Crippen LogP contribution in [0.2, 0.25) is 5.02 Å². The Kier molecular flexibility index (Phi) is 8.71. The van der Waals surface area contributed by atoms with Crippen LogP contribution >= 0.6 is 24.0 Å². The van der Waals surface area contributed by atoms with Gasteiger partial charge in [-0.25, -0.2) is 0 Å². The summed E-state index contributed by atoms with van der Waals surface area (Å²) in [6, 6.07) is 5.40. The van der Waals surface area contributed by atoms with Crippen LogP contribution in [-0.2, 0) is 11.3 Å². The Morgan fingerprint density at radius 1 is 1.33 bits per heavy atom. The second-order valence-electron chi connectivity index (χ2n) is 5.62. The molecule has 0 spiro atoms. The molecule has 120 valence electrons. The maximum atomic E-state index is 11.7. The van der Waals surface area contributed by atoms with Gasteiger partial charge >= 0.3 is 0 Å². The number of nitrogens with one attached hydrogen (secondary N) is 2. The number of hydrogen-bond acceptors (Lipinski definition) is 3. The Hall–Kier alpha value is -0.970. The molecular formula is C15H24Cl2N2O2. The van der Waals surface area contributed by atoms with Gasteiger partial charge in [0.05, 0.1) is 0 Å². The first-order chi connectivity index (χ1) is 9.31. The van der Waals surface area contributed by atoms with Crippen molar-refractivity contribution in [3.05, 3.63) is 28.8 Å². The van der Waals surface area contributed by atoms with Gasteiger partial charge in [-0.2, -0.15) is 0 Å². The molecule has 21 heavy (non-hydrogen) atoms. The fraction of sp³-hybridized carbons (Fsp3) is 0.533. The minimum Gasteiger partial charge on any atom is -0.483 e. The summed E-state index contributed by atoms with van der Waals surface area (Å²) in [5, 5.41) is 6.73. The molecular weight excluding hydrogens is 311 g/mol. The van der Waals surface area contributed by atoms with E-state index < -0.39 is 0 Å². The number of rotatable bonds is 6. The predicted octanol–water partition coefficient (Wildman–Crippen LogP) is 3.16. The van der Waals surface area contributed by atoms with Crippen molar-refractivity contribution < 1.29 is 9.53 Å². The molecule has 0 saturated carbocycles. The number of hydrogen-bond donors (Lipinski definition) is 2. The maximum absolute atomic E-state index is 11.7. The van der Waals surface area contributed by atoms with Crippen LogP contribution in [0, 0.1) is 0 Å². The van der Waals surface area contributed by atoms with Gasteiger partial charge in [0.15, 0.2) is 6.61 Å². The van der Waals surface area contributed by atoms with E-state index in [4.69, 9.17) is 16.3 Å². The zero-order chi connectivity index (χ0) is 15.2.